The number of carboxylic acids is 1. The van der Waals surface area contributed by atoms with Crippen LogP contribution in [0.5, 0.6) is 0 Å². The number of benzene rings is 1. The topological polar surface area (TPSA) is 78.4 Å². The molecule has 0 unspecified atom stereocenters. The lowest BCUT2D eigenvalue weighted by Gasteiger charge is -2.26. The lowest BCUT2D eigenvalue weighted by atomic mass is 9.99. The second-order valence-electron chi connectivity index (χ2n) is 4.54. The molecule has 0 bridgehead atoms. The van der Waals surface area contributed by atoms with Gasteiger partial charge in [-0.2, -0.15) is 0 Å². The SMILES string of the molecule is O=C(O)Cc1ccc(NC(=O)CC2CNC2)cc1. The molecular formula is C13H16N2O3. The van der Waals surface area contributed by atoms with Crippen LogP contribution in [0.1, 0.15) is 12.0 Å². The predicted octanol–water partition coefficient (Wildman–Crippen LogP) is 0.862. The van der Waals surface area contributed by atoms with E-state index in [1.165, 1.54) is 0 Å². The normalized spacial score (nSPS) is 14.9. The van der Waals surface area contributed by atoms with Crippen molar-refractivity contribution in [3.8, 4) is 0 Å². The molecule has 1 saturated heterocycles. The summed E-state index contributed by atoms with van der Waals surface area (Å²) in [6.07, 6.45) is 0.534. The number of nitrogens with one attached hydrogen (secondary N) is 2. The van der Waals surface area contributed by atoms with Gasteiger partial charge in [0.2, 0.25) is 5.91 Å². The maximum atomic E-state index is 11.6. The van der Waals surface area contributed by atoms with Crippen LogP contribution in [0.25, 0.3) is 0 Å². The van der Waals surface area contributed by atoms with Crippen molar-refractivity contribution in [2.75, 3.05) is 18.4 Å². The Hall–Kier alpha value is -1.88. The highest BCUT2D eigenvalue weighted by Gasteiger charge is 2.19. The van der Waals surface area contributed by atoms with E-state index >= 15 is 0 Å². The molecule has 0 spiro atoms. The zero-order valence-electron chi connectivity index (χ0n) is 9.98. The Morgan fingerprint density at radius 2 is 1.94 bits per heavy atom. The lowest BCUT2D eigenvalue weighted by Crippen LogP contribution is -2.43. The molecule has 5 heteroatoms. The Kier molecular flexibility index (Phi) is 3.94. The Morgan fingerprint density at radius 3 is 2.44 bits per heavy atom. The minimum absolute atomic E-state index is 0.00195. The van der Waals surface area contributed by atoms with Crippen molar-refractivity contribution in [3.05, 3.63) is 29.8 Å². The van der Waals surface area contributed by atoms with Gasteiger partial charge >= 0.3 is 5.97 Å². The lowest BCUT2D eigenvalue weighted by molar-refractivity contribution is -0.136. The highest BCUT2D eigenvalue weighted by molar-refractivity contribution is 5.91. The number of anilines is 1. The van der Waals surface area contributed by atoms with Crippen molar-refractivity contribution in [2.24, 2.45) is 5.92 Å². The molecule has 1 aromatic rings. The second-order valence-corrected chi connectivity index (χ2v) is 4.54. The first-order chi connectivity index (χ1) is 8.63. The van der Waals surface area contributed by atoms with Gasteiger partial charge in [0, 0.05) is 12.1 Å². The Balaban J connectivity index is 1.85. The van der Waals surface area contributed by atoms with Gasteiger partial charge in [0.25, 0.3) is 0 Å². The summed E-state index contributed by atoms with van der Waals surface area (Å²) in [6.45, 7) is 1.82. The van der Waals surface area contributed by atoms with Crippen LogP contribution in [0.3, 0.4) is 0 Å². The maximum absolute atomic E-state index is 11.6. The fourth-order valence-electron chi connectivity index (χ4n) is 1.85. The summed E-state index contributed by atoms with van der Waals surface area (Å²) in [6, 6.07) is 6.90. The van der Waals surface area contributed by atoms with E-state index in [-0.39, 0.29) is 12.3 Å². The van der Waals surface area contributed by atoms with Gasteiger partial charge in [0.15, 0.2) is 0 Å². The van der Waals surface area contributed by atoms with Crippen LogP contribution in [-0.2, 0) is 16.0 Å². The van der Waals surface area contributed by atoms with Gasteiger partial charge in [0.1, 0.15) is 0 Å². The van der Waals surface area contributed by atoms with Crippen molar-refractivity contribution >= 4 is 17.6 Å². The molecule has 1 aliphatic rings. The van der Waals surface area contributed by atoms with Gasteiger partial charge in [-0.25, -0.2) is 0 Å². The molecule has 1 fully saturated rings. The van der Waals surface area contributed by atoms with Crippen molar-refractivity contribution in [1.29, 1.82) is 0 Å². The summed E-state index contributed by atoms with van der Waals surface area (Å²) in [7, 11) is 0. The summed E-state index contributed by atoms with van der Waals surface area (Å²) < 4.78 is 0. The first-order valence-corrected chi connectivity index (χ1v) is 5.95. The average molecular weight is 248 g/mol. The molecule has 96 valence electrons. The van der Waals surface area contributed by atoms with E-state index in [2.05, 4.69) is 10.6 Å². The number of amides is 1. The average Bonchev–Trinajstić information content (AvgIpc) is 2.26. The molecule has 5 nitrogen and oxygen atoms in total. The highest BCUT2D eigenvalue weighted by Crippen LogP contribution is 2.13. The molecule has 0 aromatic heterocycles. The van der Waals surface area contributed by atoms with Gasteiger partial charge in [-0.1, -0.05) is 12.1 Å². The molecule has 0 saturated carbocycles. The molecule has 1 aliphatic heterocycles. The standard InChI is InChI=1S/C13H16N2O3/c16-12(5-10-7-14-8-10)15-11-3-1-9(2-4-11)6-13(17)18/h1-4,10,14H,5-8H2,(H,15,16)(H,17,18). The fourth-order valence-corrected chi connectivity index (χ4v) is 1.85. The summed E-state index contributed by atoms with van der Waals surface area (Å²) in [5, 5.41) is 14.6. The molecule has 0 radical (unpaired) electrons. The number of carboxylic acid groups (broad SMARTS) is 1. The Bertz CT molecular complexity index is 438. The Labute approximate surface area is 105 Å². The summed E-state index contributed by atoms with van der Waals surface area (Å²) in [5.41, 5.74) is 1.44. The van der Waals surface area contributed by atoms with E-state index in [4.69, 9.17) is 5.11 Å². The molecule has 1 aromatic carbocycles. The van der Waals surface area contributed by atoms with Gasteiger partial charge < -0.3 is 15.7 Å². The van der Waals surface area contributed by atoms with E-state index in [0.29, 0.717) is 18.0 Å². The second kappa shape index (κ2) is 5.64. The van der Waals surface area contributed by atoms with Gasteiger partial charge in [-0.15, -0.1) is 0 Å². The van der Waals surface area contributed by atoms with Gasteiger partial charge in [-0.3, -0.25) is 9.59 Å². The van der Waals surface area contributed by atoms with Gasteiger partial charge in [0.05, 0.1) is 6.42 Å². The minimum Gasteiger partial charge on any atom is -0.481 e. The molecule has 3 N–H and O–H groups in total. The van der Waals surface area contributed by atoms with E-state index in [0.717, 1.165) is 18.7 Å². The summed E-state index contributed by atoms with van der Waals surface area (Å²) >= 11 is 0. The predicted molar refractivity (Wildman–Crippen MR) is 67.4 cm³/mol. The van der Waals surface area contributed by atoms with Crippen molar-refractivity contribution in [1.82, 2.24) is 5.32 Å². The number of rotatable bonds is 5. The van der Waals surface area contributed by atoms with E-state index in [1.807, 2.05) is 0 Å². The third-order valence-corrected chi connectivity index (χ3v) is 2.93. The van der Waals surface area contributed by atoms with Crippen molar-refractivity contribution < 1.29 is 14.7 Å². The van der Waals surface area contributed by atoms with Crippen LogP contribution in [0.4, 0.5) is 5.69 Å². The number of carbonyl (C=O) groups excluding carboxylic acids is 1. The van der Waals surface area contributed by atoms with E-state index in [1.54, 1.807) is 24.3 Å². The summed E-state index contributed by atoms with van der Waals surface area (Å²) in [4.78, 5) is 22.2. The zero-order chi connectivity index (χ0) is 13.0. The number of aliphatic carboxylic acids is 1. The molecule has 1 heterocycles. The molecular weight excluding hydrogens is 232 g/mol. The monoisotopic (exact) mass is 248 g/mol. The number of hydrogen-bond acceptors (Lipinski definition) is 3. The van der Waals surface area contributed by atoms with Crippen LogP contribution >= 0.6 is 0 Å². The van der Waals surface area contributed by atoms with Crippen molar-refractivity contribution in [3.63, 3.8) is 0 Å². The summed E-state index contributed by atoms with van der Waals surface area (Å²) in [5.74, 6) is -0.409. The highest BCUT2D eigenvalue weighted by atomic mass is 16.4. The maximum Gasteiger partial charge on any atom is 0.307 e. The van der Waals surface area contributed by atoms with Crippen LogP contribution in [0.2, 0.25) is 0 Å². The smallest absolute Gasteiger partial charge is 0.307 e. The Morgan fingerprint density at radius 1 is 1.28 bits per heavy atom. The molecule has 18 heavy (non-hydrogen) atoms. The molecule has 1 amide bonds. The third kappa shape index (κ3) is 3.56. The van der Waals surface area contributed by atoms with Gasteiger partial charge in [-0.05, 0) is 36.7 Å². The minimum atomic E-state index is -0.857. The zero-order valence-corrected chi connectivity index (χ0v) is 9.98. The van der Waals surface area contributed by atoms with E-state index < -0.39 is 5.97 Å². The largest absolute Gasteiger partial charge is 0.481 e. The molecule has 2 rings (SSSR count). The van der Waals surface area contributed by atoms with E-state index in [9.17, 15) is 9.59 Å². The molecule has 0 aliphatic carbocycles. The fraction of sp³-hybridized carbons (Fsp3) is 0.385. The van der Waals surface area contributed by atoms with Crippen LogP contribution in [0, 0.1) is 5.92 Å². The number of carbonyl (C=O) groups is 2. The van der Waals surface area contributed by atoms with Crippen LogP contribution in [-0.4, -0.2) is 30.1 Å². The number of hydrogen-bond donors (Lipinski definition) is 3. The quantitative estimate of drug-likeness (QED) is 0.722. The first kappa shape index (κ1) is 12.6. The van der Waals surface area contributed by atoms with Crippen LogP contribution < -0.4 is 10.6 Å². The first-order valence-electron chi connectivity index (χ1n) is 5.95. The third-order valence-electron chi connectivity index (χ3n) is 2.93. The van der Waals surface area contributed by atoms with Crippen LogP contribution in [0.15, 0.2) is 24.3 Å². The molecule has 0 atom stereocenters. The van der Waals surface area contributed by atoms with Crippen molar-refractivity contribution in [2.45, 2.75) is 12.8 Å².